The topological polar surface area (TPSA) is 57.6 Å². The monoisotopic (exact) mass is 381 g/mol. The molecule has 1 amide bonds. The van der Waals surface area contributed by atoms with E-state index in [0.717, 1.165) is 31.0 Å². The van der Waals surface area contributed by atoms with Gasteiger partial charge in [0.15, 0.2) is 0 Å². The van der Waals surface area contributed by atoms with E-state index >= 15 is 0 Å². The van der Waals surface area contributed by atoms with Crippen LogP contribution in [0.2, 0.25) is 0 Å². The first-order valence-corrected chi connectivity index (χ1v) is 10.1. The molecule has 4 nitrogen and oxygen atoms in total. The van der Waals surface area contributed by atoms with Gasteiger partial charge in [-0.1, -0.05) is 39.8 Å². The van der Waals surface area contributed by atoms with Gasteiger partial charge in [0, 0.05) is 24.4 Å². The zero-order chi connectivity index (χ0) is 20.7. The molecule has 0 atom stereocenters. The fourth-order valence-electron chi connectivity index (χ4n) is 4.41. The summed E-state index contributed by atoms with van der Waals surface area (Å²) in [6, 6.07) is 4.58. The Labute approximate surface area is 167 Å². The number of nitrogens with zero attached hydrogens (tertiary/aromatic N) is 1. The summed E-state index contributed by atoms with van der Waals surface area (Å²) in [6.07, 6.45) is 8.42. The van der Waals surface area contributed by atoms with Gasteiger partial charge in [-0.05, 0) is 71.8 Å². The largest absolute Gasteiger partial charge is 0.478 e. The van der Waals surface area contributed by atoms with Gasteiger partial charge in [0.25, 0.3) is 5.91 Å². The van der Waals surface area contributed by atoms with E-state index in [0.29, 0.717) is 12.1 Å². The van der Waals surface area contributed by atoms with Crippen molar-refractivity contribution >= 4 is 17.6 Å². The Balaban J connectivity index is 1.99. The number of carbonyl (C=O) groups excluding carboxylic acids is 1. The molecule has 0 spiro atoms. The first-order valence-electron chi connectivity index (χ1n) is 10.1. The second-order valence-electron chi connectivity index (χ2n) is 9.45. The van der Waals surface area contributed by atoms with E-state index < -0.39 is 5.97 Å². The van der Waals surface area contributed by atoms with Gasteiger partial charge < -0.3 is 10.0 Å². The fraction of sp³-hybridized carbons (Fsp3) is 0.500. The molecule has 1 aliphatic carbocycles. The van der Waals surface area contributed by atoms with Crippen LogP contribution in [0.1, 0.15) is 70.6 Å². The van der Waals surface area contributed by atoms with Crippen LogP contribution in [-0.2, 0) is 26.8 Å². The third-order valence-corrected chi connectivity index (χ3v) is 6.28. The second kappa shape index (κ2) is 7.23. The van der Waals surface area contributed by atoms with Crippen molar-refractivity contribution in [2.75, 3.05) is 11.4 Å². The number of carboxylic acids is 1. The van der Waals surface area contributed by atoms with Crippen molar-refractivity contribution in [1.29, 1.82) is 0 Å². The van der Waals surface area contributed by atoms with Crippen molar-refractivity contribution in [1.82, 2.24) is 0 Å². The van der Waals surface area contributed by atoms with Crippen molar-refractivity contribution in [3.63, 3.8) is 0 Å². The van der Waals surface area contributed by atoms with Crippen LogP contribution in [0.4, 0.5) is 5.69 Å². The van der Waals surface area contributed by atoms with Gasteiger partial charge in [0.2, 0.25) is 0 Å². The number of hydrogen-bond acceptors (Lipinski definition) is 2. The van der Waals surface area contributed by atoms with Crippen LogP contribution in [0.25, 0.3) is 0 Å². The number of benzene rings is 1. The van der Waals surface area contributed by atoms with Crippen LogP contribution in [-0.4, -0.2) is 23.5 Å². The molecule has 0 unspecified atom stereocenters. The molecule has 4 heteroatoms. The zero-order valence-corrected chi connectivity index (χ0v) is 17.6. The summed E-state index contributed by atoms with van der Waals surface area (Å²) in [7, 11) is 0. The van der Waals surface area contributed by atoms with Crippen LogP contribution in [0.5, 0.6) is 0 Å². The first kappa shape index (κ1) is 20.4. The highest BCUT2D eigenvalue weighted by molar-refractivity contribution is 6.02. The van der Waals surface area contributed by atoms with Crippen molar-refractivity contribution in [2.45, 2.75) is 71.1 Å². The maximum absolute atomic E-state index is 12.9. The first-order chi connectivity index (χ1) is 13.0. The lowest BCUT2D eigenvalue weighted by Crippen LogP contribution is -2.38. The number of anilines is 1. The number of amides is 1. The van der Waals surface area contributed by atoms with Gasteiger partial charge in [-0.2, -0.15) is 0 Å². The van der Waals surface area contributed by atoms with E-state index in [2.05, 4.69) is 39.8 Å². The summed E-state index contributed by atoms with van der Waals surface area (Å²) in [6.45, 7) is 11.6. The molecule has 28 heavy (non-hydrogen) atoms. The summed E-state index contributed by atoms with van der Waals surface area (Å²) in [4.78, 5) is 25.5. The fourth-order valence-corrected chi connectivity index (χ4v) is 4.41. The molecule has 0 radical (unpaired) electrons. The lowest BCUT2D eigenvalue weighted by molar-refractivity contribution is -0.131. The smallest absolute Gasteiger partial charge is 0.328 e. The van der Waals surface area contributed by atoms with Gasteiger partial charge >= 0.3 is 5.97 Å². The maximum Gasteiger partial charge on any atom is 0.328 e. The van der Waals surface area contributed by atoms with Gasteiger partial charge in [0.1, 0.15) is 0 Å². The van der Waals surface area contributed by atoms with E-state index in [-0.39, 0.29) is 16.7 Å². The Morgan fingerprint density at radius 1 is 1.04 bits per heavy atom. The number of aliphatic carboxylic acids is 1. The Morgan fingerprint density at radius 3 is 2.25 bits per heavy atom. The molecule has 0 fully saturated rings. The van der Waals surface area contributed by atoms with Crippen molar-refractivity contribution < 1.29 is 14.7 Å². The highest BCUT2D eigenvalue weighted by Gasteiger charge is 2.38. The summed E-state index contributed by atoms with van der Waals surface area (Å²) < 4.78 is 0. The minimum absolute atomic E-state index is 0.0908. The second-order valence-corrected chi connectivity index (χ2v) is 9.45. The number of carboxylic acid groups (broad SMARTS) is 1. The van der Waals surface area contributed by atoms with Gasteiger partial charge in [0.05, 0.1) is 0 Å². The Hall–Kier alpha value is -2.36. The van der Waals surface area contributed by atoms with E-state index in [1.165, 1.54) is 29.2 Å². The predicted octanol–water partition coefficient (Wildman–Crippen LogP) is 4.90. The molecule has 0 saturated carbocycles. The summed E-state index contributed by atoms with van der Waals surface area (Å²) in [5, 5.41) is 8.83. The molecule has 1 N–H and O–H groups in total. The van der Waals surface area contributed by atoms with Crippen LogP contribution in [0.15, 0.2) is 35.9 Å². The van der Waals surface area contributed by atoms with Crippen LogP contribution >= 0.6 is 0 Å². The third-order valence-electron chi connectivity index (χ3n) is 6.28. The van der Waals surface area contributed by atoms with E-state index in [1.807, 2.05) is 4.90 Å². The summed E-state index contributed by atoms with van der Waals surface area (Å²) in [5.41, 5.74) is 5.85. The minimum Gasteiger partial charge on any atom is -0.478 e. The average molecular weight is 382 g/mol. The Kier molecular flexibility index (Phi) is 5.26. The Morgan fingerprint density at radius 2 is 1.64 bits per heavy atom. The molecule has 1 aromatic rings. The third kappa shape index (κ3) is 3.91. The molecular formula is C24H31NO3. The van der Waals surface area contributed by atoms with E-state index in [4.69, 9.17) is 5.11 Å². The van der Waals surface area contributed by atoms with Gasteiger partial charge in [-0.25, -0.2) is 4.79 Å². The number of rotatable bonds is 3. The molecule has 1 aliphatic heterocycles. The van der Waals surface area contributed by atoms with Crippen LogP contribution in [0, 0.1) is 0 Å². The van der Waals surface area contributed by atoms with Crippen LogP contribution < -0.4 is 4.90 Å². The van der Waals surface area contributed by atoms with Crippen LogP contribution in [0.3, 0.4) is 0 Å². The highest BCUT2D eigenvalue weighted by atomic mass is 16.4. The number of hydrogen-bond donors (Lipinski definition) is 1. The molecule has 1 aromatic carbocycles. The summed E-state index contributed by atoms with van der Waals surface area (Å²) >= 11 is 0. The predicted molar refractivity (Wildman–Crippen MR) is 113 cm³/mol. The maximum atomic E-state index is 12.9. The number of allylic oxidation sites excluding steroid dienone is 2. The van der Waals surface area contributed by atoms with Gasteiger partial charge in [-0.15, -0.1) is 0 Å². The molecule has 0 saturated heterocycles. The molecule has 3 rings (SSSR count). The van der Waals surface area contributed by atoms with Crippen molar-refractivity contribution in [2.24, 2.45) is 0 Å². The molecule has 150 valence electrons. The van der Waals surface area contributed by atoms with E-state index in [9.17, 15) is 9.59 Å². The number of aryl methyl sites for hydroxylation is 1. The average Bonchev–Trinajstić information content (AvgIpc) is 2.61. The standard InChI is InChI=1S/C24H31NO3/c1-16(13-22(27)28)8-9-21(26)25-12-6-7-17-14-18-19(15-20(17)25)24(4,5)11-10-23(18,2)3/h8-9,13-15H,6-7,10-12H2,1-5H3,(H,27,28). The zero-order valence-electron chi connectivity index (χ0n) is 17.6. The summed E-state index contributed by atoms with van der Waals surface area (Å²) in [5.74, 6) is -1.10. The quantitative estimate of drug-likeness (QED) is 0.598. The molecule has 2 aliphatic rings. The number of fused-ring (bicyclic) bond motifs is 2. The van der Waals surface area contributed by atoms with Crippen molar-refractivity contribution in [3.8, 4) is 0 Å². The molecule has 1 heterocycles. The highest BCUT2D eigenvalue weighted by Crippen LogP contribution is 2.48. The normalized spacial score (nSPS) is 20.6. The molecular weight excluding hydrogens is 350 g/mol. The van der Waals surface area contributed by atoms with Crippen molar-refractivity contribution in [3.05, 3.63) is 52.6 Å². The SMILES string of the molecule is CC(C=CC(=O)N1CCCc2cc3c(cc21)C(C)(C)CCC3(C)C)=CC(=O)O. The molecule has 0 aromatic heterocycles. The van der Waals surface area contributed by atoms with Gasteiger partial charge in [-0.3, -0.25) is 4.79 Å². The Bertz CT molecular complexity index is 874. The minimum atomic E-state index is -1.01. The lowest BCUT2D eigenvalue weighted by atomic mass is 9.62. The molecule has 0 bridgehead atoms. The number of carbonyl (C=O) groups is 2. The lowest BCUT2D eigenvalue weighted by Gasteiger charge is -2.43. The van der Waals surface area contributed by atoms with E-state index in [1.54, 1.807) is 13.0 Å².